The molecule has 0 bridgehead atoms. The monoisotopic (exact) mass is 611 g/mol. The molecule has 4 aromatic rings. The van der Waals surface area contributed by atoms with Crippen LogP contribution in [0.2, 0.25) is 0 Å². The van der Waals surface area contributed by atoms with Crippen LogP contribution < -0.4 is 14.2 Å². The standard InChI is InChI=1S/C32H32F3N3O4S/c1-4-36-26-16-15-25(32(33,34)35)21-27(26)38(19-18-22(3)43(39,40)41)30(36)12-9-13-31-37(5-2)28-20-24(14-17-29(28)42-31)23-10-7-6-8-11-23/h6-17,20-22H,4-5,18-19H2,1-3H3. The summed E-state index contributed by atoms with van der Waals surface area (Å²) in [6.45, 7) is 6.32. The molecule has 2 heterocycles. The number of aromatic nitrogens is 2. The van der Waals surface area contributed by atoms with Crippen LogP contribution in [-0.4, -0.2) is 29.3 Å². The van der Waals surface area contributed by atoms with Gasteiger partial charge in [-0.15, -0.1) is 0 Å². The van der Waals surface area contributed by atoms with Crippen LogP contribution in [-0.2, 0) is 29.4 Å². The average Bonchev–Trinajstić information content (AvgIpc) is 3.48. The van der Waals surface area contributed by atoms with Gasteiger partial charge in [0.2, 0.25) is 5.88 Å². The molecule has 1 aliphatic heterocycles. The minimum Gasteiger partial charge on any atom is -0.748 e. The Bertz CT molecular complexity index is 1810. The van der Waals surface area contributed by atoms with E-state index in [-0.39, 0.29) is 13.0 Å². The fourth-order valence-corrected chi connectivity index (χ4v) is 5.71. The fraction of sp³-hybridized carbons (Fsp3) is 0.281. The smallest absolute Gasteiger partial charge is 0.416 e. The number of allylic oxidation sites excluding steroid dienone is 2. The highest BCUT2D eigenvalue weighted by Crippen LogP contribution is 2.41. The van der Waals surface area contributed by atoms with Gasteiger partial charge in [0.15, 0.2) is 16.8 Å². The van der Waals surface area contributed by atoms with E-state index in [9.17, 15) is 26.1 Å². The van der Waals surface area contributed by atoms with Crippen molar-refractivity contribution in [3.8, 4) is 16.9 Å². The lowest BCUT2D eigenvalue weighted by molar-refractivity contribution is -0.670. The zero-order valence-corrected chi connectivity index (χ0v) is 24.8. The lowest BCUT2D eigenvalue weighted by Crippen LogP contribution is -2.35. The van der Waals surface area contributed by atoms with E-state index in [1.807, 2.05) is 65.8 Å². The van der Waals surface area contributed by atoms with Crippen LogP contribution >= 0.6 is 0 Å². The minimum absolute atomic E-state index is 0.0367. The number of hydrogen-bond acceptors (Lipinski definition) is 5. The van der Waals surface area contributed by atoms with Crippen LogP contribution in [0.1, 0.15) is 38.6 Å². The number of aryl methyl sites for hydroxylation is 2. The van der Waals surface area contributed by atoms with Gasteiger partial charge in [-0.3, -0.25) is 0 Å². The Kier molecular flexibility index (Phi) is 8.40. The molecule has 0 aliphatic carbocycles. The molecular formula is C32H32F3N3O4S. The molecule has 1 atom stereocenters. The normalized spacial score (nSPS) is 15.4. The van der Waals surface area contributed by atoms with Crippen molar-refractivity contribution in [2.24, 2.45) is 0 Å². The van der Waals surface area contributed by atoms with Gasteiger partial charge in [0.1, 0.15) is 0 Å². The van der Waals surface area contributed by atoms with Crippen LogP contribution in [0, 0.1) is 0 Å². The Hall–Kier alpha value is -4.09. The van der Waals surface area contributed by atoms with Crippen LogP contribution in [0.25, 0.3) is 28.2 Å². The summed E-state index contributed by atoms with van der Waals surface area (Å²) in [7, 11) is -4.55. The van der Waals surface area contributed by atoms with Crippen LogP contribution in [0.4, 0.5) is 18.9 Å². The average molecular weight is 612 g/mol. The second-order valence-corrected chi connectivity index (χ2v) is 12.1. The molecule has 0 saturated heterocycles. The molecule has 11 heteroatoms. The minimum atomic E-state index is -4.55. The molecule has 0 spiro atoms. The maximum atomic E-state index is 13.6. The summed E-state index contributed by atoms with van der Waals surface area (Å²) in [4.78, 5) is 2.03. The van der Waals surface area contributed by atoms with Gasteiger partial charge < -0.3 is 14.2 Å². The first-order chi connectivity index (χ1) is 20.4. The summed E-state index contributed by atoms with van der Waals surface area (Å²) in [6, 6.07) is 19.5. The van der Waals surface area contributed by atoms with Gasteiger partial charge in [-0.1, -0.05) is 36.4 Å². The van der Waals surface area contributed by atoms with E-state index in [1.54, 1.807) is 22.8 Å². The summed E-state index contributed by atoms with van der Waals surface area (Å²) < 4.78 is 85.2. The first-order valence-corrected chi connectivity index (χ1v) is 15.5. The first kappa shape index (κ1) is 30.4. The number of imidazole rings is 1. The van der Waals surface area contributed by atoms with Gasteiger partial charge in [-0.25, -0.2) is 17.6 Å². The molecule has 1 aliphatic rings. The highest BCUT2D eigenvalue weighted by Gasteiger charge is 2.33. The second kappa shape index (κ2) is 11.9. The van der Waals surface area contributed by atoms with Crippen molar-refractivity contribution in [1.29, 1.82) is 0 Å². The number of nitrogens with zero attached hydrogens (tertiary/aromatic N) is 3. The molecule has 0 saturated carbocycles. The molecule has 226 valence electrons. The van der Waals surface area contributed by atoms with Gasteiger partial charge >= 0.3 is 6.18 Å². The molecule has 0 radical (unpaired) electrons. The SMILES string of the molecule is CCN1/C(=C/C=C/c2n(CCC(C)S(=O)(=O)[O-])c3cc(C(F)(F)F)ccc3[n+]2CC)Oc2ccc(-c3ccccc3)cc21. The Morgan fingerprint density at radius 3 is 2.42 bits per heavy atom. The predicted octanol–water partition coefficient (Wildman–Crippen LogP) is 6.73. The Morgan fingerprint density at radius 1 is 1.02 bits per heavy atom. The molecule has 0 amide bonds. The fourth-order valence-electron chi connectivity index (χ4n) is 5.32. The van der Waals surface area contributed by atoms with E-state index in [4.69, 9.17) is 4.74 Å². The third-order valence-electron chi connectivity index (χ3n) is 7.64. The molecule has 1 unspecified atom stereocenters. The van der Waals surface area contributed by atoms with E-state index in [0.717, 1.165) is 28.9 Å². The van der Waals surface area contributed by atoms with Crippen molar-refractivity contribution in [3.63, 3.8) is 0 Å². The van der Waals surface area contributed by atoms with Crippen molar-refractivity contribution >= 4 is 32.9 Å². The molecule has 5 rings (SSSR count). The van der Waals surface area contributed by atoms with Crippen molar-refractivity contribution in [3.05, 3.63) is 96.2 Å². The number of alkyl halides is 3. The van der Waals surface area contributed by atoms with E-state index in [0.29, 0.717) is 41.6 Å². The molecule has 3 aromatic carbocycles. The summed E-state index contributed by atoms with van der Waals surface area (Å²) in [6.07, 6.45) is 0.709. The number of benzene rings is 3. The Balaban J connectivity index is 1.53. The summed E-state index contributed by atoms with van der Waals surface area (Å²) in [5.74, 6) is 1.87. The van der Waals surface area contributed by atoms with E-state index in [2.05, 4.69) is 6.07 Å². The maximum absolute atomic E-state index is 13.6. The van der Waals surface area contributed by atoms with Crippen molar-refractivity contribution in [2.75, 3.05) is 11.4 Å². The van der Waals surface area contributed by atoms with Crippen molar-refractivity contribution < 1.29 is 35.4 Å². The highest BCUT2D eigenvalue weighted by atomic mass is 32.2. The summed E-state index contributed by atoms with van der Waals surface area (Å²) in [5.41, 5.74) is 3.12. The Labute approximate surface area is 248 Å². The van der Waals surface area contributed by atoms with Crippen LogP contribution in [0.5, 0.6) is 5.75 Å². The largest absolute Gasteiger partial charge is 0.748 e. The number of ether oxygens (including phenoxy) is 1. The van der Waals surface area contributed by atoms with E-state index >= 15 is 0 Å². The number of anilines is 1. The zero-order valence-electron chi connectivity index (χ0n) is 24.0. The summed E-state index contributed by atoms with van der Waals surface area (Å²) in [5, 5.41) is -1.20. The van der Waals surface area contributed by atoms with Crippen molar-refractivity contribution in [1.82, 2.24) is 4.57 Å². The highest BCUT2D eigenvalue weighted by molar-refractivity contribution is 7.86. The molecule has 43 heavy (non-hydrogen) atoms. The van der Waals surface area contributed by atoms with Gasteiger partial charge in [-0.2, -0.15) is 13.2 Å². The second-order valence-electron chi connectivity index (χ2n) is 10.3. The first-order valence-electron chi connectivity index (χ1n) is 14.0. The number of fused-ring (bicyclic) bond motifs is 2. The predicted molar refractivity (Wildman–Crippen MR) is 159 cm³/mol. The van der Waals surface area contributed by atoms with E-state index < -0.39 is 27.1 Å². The number of halogens is 3. The Morgan fingerprint density at radius 2 is 1.77 bits per heavy atom. The molecular weight excluding hydrogens is 579 g/mol. The zero-order chi connectivity index (χ0) is 30.9. The van der Waals surface area contributed by atoms with E-state index in [1.165, 1.54) is 13.0 Å². The quantitative estimate of drug-likeness (QED) is 0.155. The lowest BCUT2D eigenvalue weighted by atomic mass is 10.0. The number of hydrogen-bond donors (Lipinski definition) is 0. The molecule has 1 aromatic heterocycles. The van der Waals surface area contributed by atoms with Crippen LogP contribution in [0.3, 0.4) is 0 Å². The van der Waals surface area contributed by atoms with Gasteiger partial charge in [-0.05, 0) is 68.3 Å². The van der Waals surface area contributed by atoms with Crippen LogP contribution in [0.15, 0.2) is 84.8 Å². The third-order valence-corrected chi connectivity index (χ3v) is 8.86. The molecule has 0 N–H and O–H groups in total. The van der Waals surface area contributed by atoms with Gasteiger partial charge in [0.05, 0.1) is 39.7 Å². The number of rotatable bonds is 9. The molecule has 7 nitrogen and oxygen atoms in total. The topological polar surface area (TPSA) is 78.5 Å². The third kappa shape index (κ3) is 6.18. The lowest BCUT2D eigenvalue weighted by Gasteiger charge is -2.15. The van der Waals surface area contributed by atoms with Gasteiger partial charge in [0, 0.05) is 25.1 Å². The maximum Gasteiger partial charge on any atom is 0.416 e. The van der Waals surface area contributed by atoms with Crippen molar-refractivity contribution in [2.45, 2.75) is 51.7 Å². The summed E-state index contributed by atoms with van der Waals surface area (Å²) >= 11 is 0. The van der Waals surface area contributed by atoms with Gasteiger partial charge in [0.25, 0.3) is 5.82 Å². The molecule has 0 fully saturated rings.